The molecule has 5 nitrogen and oxygen atoms in total. The molecule has 1 unspecified atom stereocenters. The number of nitrogens with one attached hydrogen (secondary N) is 1. The molecule has 1 heterocycles. The van der Waals surface area contributed by atoms with E-state index in [9.17, 15) is 9.59 Å². The molecular weight excluding hydrogens is 258 g/mol. The average molecular weight is 279 g/mol. The number of carboxylic acid groups (broad SMARTS) is 1. The molecule has 3 atom stereocenters. The van der Waals surface area contributed by atoms with Gasteiger partial charge in [0.2, 0.25) is 5.91 Å². The molecule has 20 heavy (non-hydrogen) atoms. The Hall–Kier alpha value is -1.78. The van der Waals surface area contributed by atoms with E-state index in [1.807, 2.05) is 26.8 Å². The Morgan fingerprint density at radius 2 is 2.00 bits per heavy atom. The van der Waals surface area contributed by atoms with Crippen molar-refractivity contribution in [2.75, 3.05) is 0 Å². The fourth-order valence-corrected chi connectivity index (χ4v) is 3.05. The van der Waals surface area contributed by atoms with Gasteiger partial charge in [-0.15, -0.1) is 0 Å². The lowest BCUT2D eigenvalue weighted by molar-refractivity contribution is -0.146. The molecule has 1 fully saturated rings. The lowest BCUT2D eigenvalue weighted by atomic mass is 9.94. The summed E-state index contributed by atoms with van der Waals surface area (Å²) in [7, 11) is 0. The molecule has 0 radical (unpaired) electrons. The van der Waals surface area contributed by atoms with E-state index in [1.165, 1.54) is 0 Å². The molecule has 1 amide bonds. The van der Waals surface area contributed by atoms with E-state index in [0.717, 1.165) is 23.5 Å². The van der Waals surface area contributed by atoms with Crippen LogP contribution in [-0.2, 0) is 9.59 Å². The van der Waals surface area contributed by atoms with Crippen molar-refractivity contribution in [2.24, 2.45) is 11.8 Å². The maximum absolute atomic E-state index is 12.3. The smallest absolute Gasteiger partial charge is 0.307 e. The van der Waals surface area contributed by atoms with Crippen molar-refractivity contribution in [3.63, 3.8) is 0 Å². The van der Waals surface area contributed by atoms with Crippen LogP contribution < -0.4 is 5.32 Å². The maximum Gasteiger partial charge on any atom is 0.307 e. The zero-order valence-electron chi connectivity index (χ0n) is 12.1. The summed E-state index contributed by atoms with van der Waals surface area (Å²) in [5.74, 6) is -0.400. The van der Waals surface area contributed by atoms with Crippen molar-refractivity contribution in [2.45, 2.75) is 46.1 Å². The topological polar surface area (TPSA) is 79.5 Å². The quantitative estimate of drug-likeness (QED) is 0.887. The van der Waals surface area contributed by atoms with Crippen LogP contribution in [0, 0.1) is 25.7 Å². The molecule has 2 N–H and O–H groups in total. The molecule has 0 aliphatic heterocycles. The number of carbonyl (C=O) groups excluding carboxylic acids is 1. The number of aliphatic carboxylic acids is 1. The van der Waals surface area contributed by atoms with Crippen LogP contribution in [0.5, 0.6) is 0 Å². The van der Waals surface area contributed by atoms with Gasteiger partial charge in [-0.3, -0.25) is 9.59 Å². The van der Waals surface area contributed by atoms with Crippen molar-refractivity contribution < 1.29 is 19.1 Å². The second kappa shape index (κ2) is 5.69. The highest BCUT2D eigenvalue weighted by molar-refractivity contribution is 5.85. The minimum atomic E-state index is -0.870. The highest BCUT2D eigenvalue weighted by atomic mass is 16.4. The van der Waals surface area contributed by atoms with Crippen LogP contribution in [0.25, 0.3) is 0 Å². The summed E-state index contributed by atoms with van der Waals surface area (Å²) in [6.07, 6.45) is 2.04. The van der Waals surface area contributed by atoms with Crippen molar-refractivity contribution in [1.82, 2.24) is 5.32 Å². The number of amides is 1. The zero-order valence-corrected chi connectivity index (χ0v) is 12.1. The Morgan fingerprint density at radius 1 is 1.35 bits per heavy atom. The molecule has 5 heteroatoms. The largest absolute Gasteiger partial charge is 0.481 e. The standard InChI is InChI=1S/C15H21NO4/c1-8-7-13(10(3)20-8)9(2)16-14(17)11-5-4-6-12(11)15(18)19/h7,9,11-12H,4-6H2,1-3H3,(H,16,17)(H,18,19)/t9?,11-,12+/m1/s1. The Morgan fingerprint density at radius 3 is 2.55 bits per heavy atom. The van der Waals surface area contributed by atoms with Crippen molar-refractivity contribution in [3.8, 4) is 0 Å². The van der Waals surface area contributed by atoms with Crippen LogP contribution in [0.4, 0.5) is 0 Å². The molecule has 110 valence electrons. The van der Waals surface area contributed by atoms with Gasteiger partial charge in [0.05, 0.1) is 17.9 Å². The summed E-state index contributed by atoms with van der Waals surface area (Å²) in [5.41, 5.74) is 0.945. The van der Waals surface area contributed by atoms with E-state index in [2.05, 4.69) is 5.32 Å². The first-order chi connectivity index (χ1) is 9.40. The fourth-order valence-electron chi connectivity index (χ4n) is 3.05. The molecule has 1 aliphatic carbocycles. The number of furan rings is 1. The Balaban J connectivity index is 2.04. The second-order valence-electron chi connectivity index (χ2n) is 5.58. The molecule has 1 aliphatic rings. The van der Waals surface area contributed by atoms with Gasteiger partial charge < -0.3 is 14.8 Å². The minimum Gasteiger partial charge on any atom is -0.481 e. The number of hydrogen-bond acceptors (Lipinski definition) is 3. The van der Waals surface area contributed by atoms with Gasteiger partial charge in [-0.2, -0.15) is 0 Å². The van der Waals surface area contributed by atoms with Gasteiger partial charge in [0.25, 0.3) is 0 Å². The molecule has 0 aromatic carbocycles. The van der Waals surface area contributed by atoms with Crippen molar-refractivity contribution in [3.05, 3.63) is 23.2 Å². The van der Waals surface area contributed by atoms with E-state index < -0.39 is 17.8 Å². The predicted octanol–water partition coefficient (Wildman–Crippen LogP) is 2.57. The number of hydrogen-bond donors (Lipinski definition) is 2. The normalized spacial score (nSPS) is 23.6. The minimum absolute atomic E-state index is 0.166. The highest BCUT2D eigenvalue weighted by Crippen LogP contribution is 2.33. The van der Waals surface area contributed by atoms with Crippen LogP contribution in [0.3, 0.4) is 0 Å². The highest BCUT2D eigenvalue weighted by Gasteiger charge is 2.38. The third kappa shape index (κ3) is 2.86. The van der Waals surface area contributed by atoms with Crippen molar-refractivity contribution >= 4 is 11.9 Å². The molecule has 0 saturated heterocycles. The summed E-state index contributed by atoms with van der Waals surface area (Å²) < 4.78 is 5.46. The van der Waals surface area contributed by atoms with Gasteiger partial charge in [0.15, 0.2) is 0 Å². The molecular formula is C15H21NO4. The Bertz CT molecular complexity index is 520. The maximum atomic E-state index is 12.3. The van der Waals surface area contributed by atoms with Crippen LogP contribution in [0.15, 0.2) is 10.5 Å². The van der Waals surface area contributed by atoms with E-state index in [1.54, 1.807) is 0 Å². The van der Waals surface area contributed by atoms with Gasteiger partial charge in [0.1, 0.15) is 11.5 Å². The molecule has 2 rings (SSSR count). The number of carbonyl (C=O) groups is 2. The lowest BCUT2D eigenvalue weighted by Gasteiger charge is -2.19. The first-order valence-corrected chi connectivity index (χ1v) is 7.00. The molecule has 1 aromatic rings. The number of rotatable bonds is 4. The Labute approximate surface area is 118 Å². The third-order valence-corrected chi connectivity index (χ3v) is 4.07. The third-order valence-electron chi connectivity index (χ3n) is 4.07. The number of aryl methyl sites for hydroxylation is 2. The van der Waals surface area contributed by atoms with Gasteiger partial charge >= 0.3 is 5.97 Å². The first-order valence-electron chi connectivity index (χ1n) is 7.00. The number of carboxylic acids is 1. The van der Waals surface area contributed by atoms with E-state index in [4.69, 9.17) is 9.52 Å². The summed E-state index contributed by atoms with van der Waals surface area (Å²) in [6.45, 7) is 5.61. The molecule has 0 spiro atoms. The summed E-state index contributed by atoms with van der Waals surface area (Å²) in [5, 5.41) is 12.1. The molecule has 1 saturated carbocycles. The fraction of sp³-hybridized carbons (Fsp3) is 0.600. The first kappa shape index (κ1) is 14.6. The average Bonchev–Trinajstić information content (AvgIpc) is 2.95. The van der Waals surface area contributed by atoms with Crippen LogP contribution in [0.1, 0.15) is 49.3 Å². The van der Waals surface area contributed by atoms with Crippen molar-refractivity contribution in [1.29, 1.82) is 0 Å². The van der Waals surface area contributed by atoms with Crippen LogP contribution >= 0.6 is 0 Å². The van der Waals surface area contributed by atoms with E-state index >= 15 is 0 Å². The van der Waals surface area contributed by atoms with E-state index in [-0.39, 0.29) is 11.9 Å². The SMILES string of the molecule is Cc1cc(C(C)NC(=O)[C@@H]2CCC[C@@H]2C(=O)O)c(C)o1. The van der Waals surface area contributed by atoms with Gasteiger partial charge in [-0.1, -0.05) is 6.42 Å². The van der Waals surface area contributed by atoms with Gasteiger partial charge in [-0.25, -0.2) is 0 Å². The summed E-state index contributed by atoms with van der Waals surface area (Å²) >= 11 is 0. The lowest BCUT2D eigenvalue weighted by Crippen LogP contribution is -2.36. The van der Waals surface area contributed by atoms with Gasteiger partial charge in [0, 0.05) is 5.56 Å². The second-order valence-corrected chi connectivity index (χ2v) is 5.58. The van der Waals surface area contributed by atoms with Crippen LogP contribution in [-0.4, -0.2) is 17.0 Å². The zero-order chi connectivity index (χ0) is 14.9. The molecule has 0 bridgehead atoms. The molecule has 1 aromatic heterocycles. The van der Waals surface area contributed by atoms with Crippen LogP contribution in [0.2, 0.25) is 0 Å². The van der Waals surface area contributed by atoms with Gasteiger partial charge in [-0.05, 0) is 39.7 Å². The summed E-state index contributed by atoms with van der Waals surface area (Å²) in [4.78, 5) is 23.4. The predicted molar refractivity (Wildman–Crippen MR) is 73.2 cm³/mol. The van der Waals surface area contributed by atoms with E-state index in [0.29, 0.717) is 12.8 Å². The summed E-state index contributed by atoms with van der Waals surface area (Å²) in [6, 6.07) is 1.74. The Kier molecular flexibility index (Phi) is 4.16. The monoisotopic (exact) mass is 279 g/mol.